The van der Waals surface area contributed by atoms with Crippen LogP contribution in [0.5, 0.6) is 5.75 Å². The molecule has 0 bridgehead atoms. The highest BCUT2D eigenvalue weighted by Gasteiger charge is 2.33. The first-order chi connectivity index (χ1) is 13.5. The van der Waals surface area contributed by atoms with Gasteiger partial charge >= 0.3 is 0 Å². The lowest BCUT2D eigenvalue weighted by Crippen LogP contribution is -2.31. The lowest BCUT2D eigenvalue weighted by molar-refractivity contribution is 0.0735. The predicted octanol–water partition coefficient (Wildman–Crippen LogP) is 5.00. The summed E-state index contributed by atoms with van der Waals surface area (Å²) in [4.78, 5) is 20.5. The van der Waals surface area contributed by atoms with Crippen LogP contribution in [-0.2, 0) is 13.7 Å². The third kappa shape index (κ3) is 3.80. The van der Waals surface area contributed by atoms with E-state index in [2.05, 4.69) is 15.6 Å². The molecule has 5 nitrogen and oxygen atoms in total. The van der Waals surface area contributed by atoms with Crippen LogP contribution in [0.3, 0.4) is 0 Å². The minimum atomic E-state index is 0.0662. The van der Waals surface area contributed by atoms with Crippen LogP contribution in [0.15, 0.2) is 42.6 Å². The number of rotatable bonds is 5. The number of amides is 1. The number of benzene rings is 1. The molecule has 1 atom stereocenters. The van der Waals surface area contributed by atoms with Crippen LogP contribution in [0.2, 0.25) is 5.02 Å². The number of hydrogen-bond acceptors (Lipinski definition) is 4. The molecule has 0 N–H and O–H groups in total. The Balaban J connectivity index is 1.48. The number of nitrogens with zero attached hydrogens (tertiary/aromatic N) is 3. The lowest BCUT2D eigenvalue weighted by Gasteiger charge is -2.25. The number of thiazole rings is 1. The van der Waals surface area contributed by atoms with Crippen molar-refractivity contribution in [1.29, 1.82) is 0 Å². The fraction of sp³-hybridized carbons (Fsp3) is 0.333. The van der Waals surface area contributed by atoms with Crippen molar-refractivity contribution < 1.29 is 9.53 Å². The molecule has 0 radical (unpaired) electrons. The number of carbonyl (C=O) groups excluding carboxylic acids is 1. The molecule has 3 heterocycles. The molecule has 1 aliphatic rings. The van der Waals surface area contributed by atoms with E-state index >= 15 is 0 Å². The zero-order valence-electron chi connectivity index (χ0n) is 15.9. The second-order valence-electron chi connectivity index (χ2n) is 6.97. The van der Waals surface area contributed by atoms with E-state index in [1.807, 2.05) is 43.3 Å². The molecule has 1 saturated heterocycles. The van der Waals surface area contributed by atoms with E-state index in [4.69, 9.17) is 16.3 Å². The molecule has 4 rings (SSSR count). The lowest BCUT2D eigenvalue weighted by atomic mass is 10.1. The fourth-order valence-corrected chi connectivity index (χ4v) is 4.72. The summed E-state index contributed by atoms with van der Waals surface area (Å²) in [6.45, 7) is 3.01. The summed E-state index contributed by atoms with van der Waals surface area (Å²) in [6, 6.07) is 11.5. The van der Waals surface area contributed by atoms with Crippen LogP contribution in [0, 0.1) is 6.92 Å². The van der Waals surface area contributed by atoms with E-state index in [1.165, 1.54) is 17.0 Å². The number of ether oxygens (including phenoxy) is 1. The van der Waals surface area contributed by atoms with Gasteiger partial charge in [0.2, 0.25) is 0 Å². The first-order valence-corrected chi connectivity index (χ1v) is 10.5. The third-order valence-electron chi connectivity index (χ3n) is 5.05. The minimum absolute atomic E-state index is 0.0662. The Bertz CT molecular complexity index is 980. The molecule has 0 saturated carbocycles. The van der Waals surface area contributed by atoms with Gasteiger partial charge in [0, 0.05) is 30.5 Å². The molecule has 1 aliphatic heterocycles. The Labute approximate surface area is 173 Å². The molecule has 28 heavy (non-hydrogen) atoms. The van der Waals surface area contributed by atoms with Gasteiger partial charge in [-0.25, -0.2) is 4.98 Å². The summed E-state index contributed by atoms with van der Waals surface area (Å²) in [6.07, 6.45) is 4.04. The summed E-state index contributed by atoms with van der Waals surface area (Å²) in [5.74, 6) is 0.796. The third-order valence-corrected chi connectivity index (χ3v) is 6.42. The average Bonchev–Trinajstić information content (AvgIpc) is 3.40. The topological polar surface area (TPSA) is 47.4 Å². The van der Waals surface area contributed by atoms with Crippen LogP contribution in [0.1, 0.15) is 45.0 Å². The summed E-state index contributed by atoms with van der Waals surface area (Å²) in [5, 5.41) is 1.47. The molecule has 0 spiro atoms. The van der Waals surface area contributed by atoms with Gasteiger partial charge in [0.05, 0.1) is 11.7 Å². The van der Waals surface area contributed by atoms with Gasteiger partial charge in [-0.2, -0.15) is 0 Å². The Hall–Kier alpha value is -2.31. The molecule has 3 aromatic rings. The molecular formula is C21H22ClN3O2S. The average molecular weight is 416 g/mol. The number of aromatic nitrogens is 2. The molecule has 7 heteroatoms. The molecule has 1 aromatic carbocycles. The maximum Gasteiger partial charge on any atom is 0.266 e. The number of aryl methyl sites for hydroxylation is 2. The van der Waals surface area contributed by atoms with Gasteiger partial charge < -0.3 is 14.2 Å². The van der Waals surface area contributed by atoms with Crippen LogP contribution in [0.25, 0.3) is 0 Å². The van der Waals surface area contributed by atoms with Gasteiger partial charge in [-0.3, -0.25) is 4.79 Å². The summed E-state index contributed by atoms with van der Waals surface area (Å²) in [5.41, 5.74) is 1.95. The van der Waals surface area contributed by atoms with E-state index in [0.29, 0.717) is 16.5 Å². The maximum absolute atomic E-state index is 13.2. The first-order valence-electron chi connectivity index (χ1n) is 9.30. The largest absolute Gasteiger partial charge is 0.486 e. The molecule has 1 fully saturated rings. The zero-order chi connectivity index (χ0) is 19.7. The highest BCUT2D eigenvalue weighted by molar-refractivity contribution is 7.13. The van der Waals surface area contributed by atoms with Gasteiger partial charge in [0.15, 0.2) is 0 Å². The molecule has 1 amide bonds. The molecule has 1 unspecified atom stereocenters. The first kappa shape index (κ1) is 19.0. The second kappa shape index (κ2) is 7.97. The van der Waals surface area contributed by atoms with Gasteiger partial charge in [0.1, 0.15) is 22.2 Å². The van der Waals surface area contributed by atoms with E-state index in [0.717, 1.165) is 35.8 Å². The summed E-state index contributed by atoms with van der Waals surface area (Å²) in [7, 11) is 2.03. The number of halogens is 1. The van der Waals surface area contributed by atoms with Crippen molar-refractivity contribution >= 4 is 28.8 Å². The fourth-order valence-electron chi connectivity index (χ4n) is 3.66. The monoisotopic (exact) mass is 415 g/mol. The maximum atomic E-state index is 13.2. The quantitative estimate of drug-likeness (QED) is 0.589. The number of carbonyl (C=O) groups is 1. The van der Waals surface area contributed by atoms with E-state index in [9.17, 15) is 4.79 Å². The van der Waals surface area contributed by atoms with Crippen molar-refractivity contribution in [2.24, 2.45) is 7.05 Å². The van der Waals surface area contributed by atoms with Crippen molar-refractivity contribution in [2.75, 3.05) is 6.54 Å². The van der Waals surface area contributed by atoms with Gasteiger partial charge in [-0.1, -0.05) is 11.6 Å². The zero-order valence-corrected chi connectivity index (χ0v) is 17.5. The van der Waals surface area contributed by atoms with Crippen molar-refractivity contribution in [3.63, 3.8) is 0 Å². The van der Waals surface area contributed by atoms with E-state index < -0.39 is 0 Å². The van der Waals surface area contributed by atoms with Crippen LogP contribution in [0.4, 0.5) is 0 Å². The molecule has 2 aromatic heterocycles. The predicted molar refractivity (Wildman–Crippen MR) is 111 cm³/mol. The standard InChI is InChI=1S/C21H22ClN3O2S/c1-14-20(28-19(23-14)13-27-16-9-7-15(22)8-10-16)21(26)25-12-4-6-18(25)17-5-3-11-24(17)2/h3,5,7-11,18H,4,6,12-13H2,1-2H3. The number of hydrogen-bond donors (Lipinski definition) is 0. The van der Waals surface area contributed by atoms with Crippen molar-refractivity contribution in [2.45, 2.75) is 32.4 Å². The molecule has 0 aliphatic carbocycles. The van der Waals surface area contributed by atoms with Crippen LogP contribution in [-0.4, -0.2) is 26.9 Å². The van der Waals surface area contributed by atoms with Crippen molar-refractivity contribution in [3.8, 4) is 5.75 Å². The van der Waals surface area contributed by atoms with Crippen molar-refractivity contribution in [1.82, 2.24) is 14.5 Å². The molecular weight excluding hydrogens is 394 g/mol. The Morgan fingerprint density at radius 1 is 1.32 bits per heavy atom. The SMILES string of the molecule is Cc1nc(COc2ccc(Cl)cc2)sc1C(=O)N1CCCC1c1cccn1C. The number of likely N-dealkylation sites (tertiary alicyclic amines) is 1. The van der Waals surface area contributed by atoms with Crippen molar-refractivity contribution in [3.05, 3.63) is 68.9 Å². The van der Waals surface area contributed by atoms with E-state index in [-0.39, 0.29) is 11.9 Å². The van der Waals surface area contributed by atoms with Gasteiger partial charge in [0.25, 0.3) is 5.91 Å². The highest BCUT2D eigenvalue weighted by Crippen LogP contribution is 2.34. The molecule has 146 valence electrons. The highest BCUT2D eigenvalue weighted by atomic mass is 35.5. The smallest absolute Gasteiger partial charge is 0.266 e. The minimum Gasteiger partial charge on any atom is -0.486 e. The van der Waals surface area contributed by atoms with Crippen LogP contribution < -0.4 is 4.74 Å². The Morgan fingerprint density at radius 2 is 2.11 bits per heavy atom. The summed E-state index contributed by atoms with van der Waals surface area (Å²) >= 11 is 7.32. The summed E-state index contributed by atoms with van der Waals surface area (Å²) < 4.78 is 7.88. The Morgan fingerprint density at radius 3 is 2.82 bits per heavy atom. The van der Waals surface area contributed by atoms with E-state index in [1.54, 1.807) is 12.1 Å². The Kier molecular flexibility index (Phi) is 5.42. The normalized spacial score (nSPS) is 16.5. The second-order valence-corrected chi connectivity index (χ2v) is 8.49. The van der Waals surface area contributed by atoms with Gasteiger partial charge in [-0.15, -0.1) is 11.3 Å². The van der Waals surface area contributed by atoms with Gasteiger partial charge in [-0.05, 0) is 56.2 Å². The van der Waals surface area contributed by atoms with Crippen LogP contribution >= 0.6 is 22.9 Å².